The molecule has 0 N–H and O–H groups in total. The zero-order chi connectivity index (χ0) is 26.6. The first-order valence-electron chi connectivity index (χ1n) is 13.5. The standard InChI is InChI=1S/C36H23N3O/c37-22-30-25(31-12-7-8-20-38-31)18-17-24(23-16-19-35-29(21-23)28-11-3-6-15-34(28)40-35)36(30)39-32-13-4-1-9-26(32)27-10-2-5-14-33(27)39/h1-2,4-10,12-21H,3,11H2. The quantitative estimate of drug-likeness (QED) is 0.237. The van der Waals surface area contributed by atoms with Gasteiger partial charge in [-0.1, -0.05) is 66.7 Å². The summed E-state index contributed by atoms with van der Waals surface area (Å²) >= 11 is 0. The van der Waals surface area contributed by atoms with E-state index in [1.165, 1.54) is 5.56 Å². The van der Waals surface area contributed by atoms with Crippen LogP contribution in [0.15, 0.2) is 114 Å². The van der Waals surface area contributed by atoms with Crippen molar-refractivity contribution in [1.29, 1.82) is 5.26 Å². The van der Waals surface area contributed by atoms with Gasteiger partial charge in [0.15, 0.2) is 0 Å². The molecule has 0 saturated heterocycles. The van der Waals surface area contributed by atoms with Crippen LogP contribution in [0.3, 0.4) is 0 Å². The summed E-state index contributed by atoms with van der Waals surface area (Å²) in [5.74, 6) is 0.948. The van der Waals surface area contributed by atoms with Gasteiger partial charge < -0.3 is 8.98 Å². The molecule has 0 spiro atoms. The number of nitriles is 1. The highest BCUT2D eigenvalue weighted by molar-refractivity contribution is 6.10. The van der Waals surface area contributed by atoms with Gasteiger partial charge in [0.25, 0.3) is 0 Å². The third kappa shape index (κ3) is 3.28. The minimum Gasteiger partial charge on any atom is -0.456 e. The van der Waals surface area contributed by atoms with E-state index in [-0.39, 0.29) is 0 Å². The van der Waals surface area contributed by atoms with E-state index in [4.69, 9.17) is 4.42 Å². The summed E-state index contributed by atoms with van der Waals surface area (Å²) in [5, 5.41) is 14.2. The van der Waals surface area contributed by atoms with Crippen molar-refractivity contribution in [2.24, 2.45) is 0 Å². The number of aryl methyl sites for hydroxylation is 1. The minimum atomic E-state index is 0.597. The predicted octanol–water partition coefficient (Wildman–Crippen LogP) is 9.09. The largest absolute Gasteiger partial charge is 0.456 e. The summed E-state index contributed by atoms with van der Waals surface area (Å²) in [5.41, 5.74) is 9.36. The molecule has 0 fully saturated rings. The maximum atomic E-state index is 10.8. The van der Waals surface area contributed by atoms with Gasteiger partial charge in [-0.15, -0.1) is 0 Å². The number of furan rings is 1. The summed E-state index contributed by atoms with van der Waals surface area (Å²) in [7, 11) is 0. The second kappa shape index (κ2) is 8.83. The molecule has 3 aromatic heterocycles. The maximum Gasteiger partial charge on any atom is 0.135 e. The molecule has 0 radical (unpaired) electrons. The number of hydrogen-bond acceptors (Lipinski definition) is 3. The van der Waals surface area contributed by atoms with Gasteiger partial charge in [0.1, 0.15) is 17.4 Å². The zero-order valence-corrected chi connectivity index (χ0v) is 21.6. The topological polar surface area (TPSA) is 54.8 Å². The van der Waals surface area contributed by atoms with Crippen molar-refractivity contribution < 1.29 is 4.42 Å². The summed E-state index contributed by atoms with van der Waals surface area (Å²) in [6.45, 7) is 0. The molecular formula is C36H23N3O. The zero-order valence-electron chi connectivity index (χ0n) is 21.6. The number of hydrogen-bond donors (Lipinski definition) is 0. The lowest BCUT2D eigenvalue weighted by Crippen LogP contribution is -2.03. The molecule has 1 aliphatic carbocycles. The third-order valence-corrected chi connectivity index (χ3v) is 8.00. The average molecular weight is 514 g/mol. The van der Waals surface area contributed by atoms with E-state index >= 15 is 0 Å². The number of allylic oxidation sites excluding steroid dienone is 1. The fourth-order valence-corrected chi connectivity index (χ4v) is 6.21. The Morgan fingerprint density at radius 2 is 1.52 bits per heavy atom. The van der Waals surface area contributed by atoms with Crippen LogP contribution in [0, 0.1) is 11.3 Å². The van der Waals surface area contributed by atoms with Crippen molar-refractivity contribution in [2.75, 3.05) is 0 Å². The van der Waals surface area contributed by atoms with Gasteiger partial charge in [0, 0.05) is 39.0 Å². The molecular weight excluding hydrogens is 490 g/mol. The van der Waals surface area contributed by atoms with Crippen LogP contribution >= 0.6 is 0 Å². The van der Waals surface area contributed by atoms with E-state index in [1.54, 1.807) is 6.20 Å². The van der Waals surface area contributed by atoms with Gasteiger partial charge in [-0.3, -0.25) is 4.98 Å². The molecule has 8 rings (SSSR count). The maximum absolute atomic E-state index is 10.8. The van der Waals surface area contributed by atoms with Crippen LogP contribution in [-0.2, 0) is 6.42 Å². The second-order valence-electron chi connectivity index (χ2n) is 10.2. The molecule has 40 heavy (non-hydrogen) atoms. The summed E-state index contributed by atoms with van der Waals surface area (Å²) < 4.78 is 8.42. The van der Waals surface area contributed by atoms with Crippen LogP contribution in [0.5, 0.6) is 0 Å². The Kier molecular flexibility index (Phi) is 4.98. The Hall–Kier alpha value is -5.40. The molecule has 188 valence electrons. The van der Waals surface area contributed by atoms with Crippen molar-refractivity contribution in [1.82, 2.24) is 9.55 Å². The highest BCUT2D eigenvalue weighted by atomic mass is 16.3. The summed E-state index contributed by atoms with van der Waals surface area (Å²) in [6.07, 6.45) is 7.99. The smallest absolute Gasteiger partial charge is 0.135 e. The lowest BCUT2D eigenvalue weighted by molar-refractivity contribution is 0.595. The minimum absolute atomic E-state index is 0.597. The Balaban J connectivity index is 1.50. The van der Waals surface area contributed by atoms with E-state index in [1.807, 2.05) is 24.3 Å². The van der Waals surface area contributed by atoms with Crippen LogP contribution < -0.4 is 0 Å². The van der Waals surface area contributed by atoms with E-state index in [0.717, 1.165) is 79.4 Å². The third-order valence-electron chi connectivity index (χ3n) is 8.00. The van der Waals surface area contributed by atoms with Crippen molar-refractivity contribution in [3.05, 3.63) is 126 Å². The van der Waals surface area contributed by atoms with Gasteiger partial charge in [-0.2, -0.15) is 5.26 Å². The fraction of sp³-hybridized carbons (Fsp3) is 0.0556. The highest BCUT2D eigenvalue weighted by Crippen LogP contribution is 2.42. The van der Waals surface area contributed by atoms with E-state index in [9.17, 15) is 5.26 Å². The monoisotopic (exact) mass is 513 g/mol. The molecule has 0 aliphatic heterocycles. The van der Waals surface area contributed by atoms with Gasteiger partial charge in [-0.05, 0) is 60.9 Å². The number of fused-ring (bicyclic) bond motifs is 6. The Bertz CT molecular complexity index is 2120. The molecule has 4 heteroatoms. The second-order valence-corrected chi connectivity index (χ2v) is 10.2. The summed E-state index contributed by atoms with van der Waals surface area (Å²) in [4.78, 5) is 4.61. The van der Waals surface area contributed by atoms with Crippen molar-refractivity contribution >= 4 is 38.9 Å². The highest BCUT2D eigenvalue weighted by Gasteiger charge is 2.23. The first-order chi connectivity index (χ1) is 19.8. The molecule has 0 amide bonds. The molecule has 0 bridgehead atoms. The van der Waals surface area contributed by atoms with Gasteiger partial charge >= 0.3 is 0 Å². The van der Waals surface area contributed by atoms with Gasteiger partial charge in [-0.25, -0.2) is 0 Å². The lowest BCUT2D eigenvalue weighted by Gasteiger charge is -2.18. The first-order valence-corrected chi connectivity index (χ1v) is 13.5. The van der Waals surface area contributed by atoms with Gasteiger partial charge in [0.05, 0.1) is 28.0 Å². The van der Waals surface area contributed by atoms with E-state index in [0.29, 0.717) is 5.56 Å². The number of benzene rings is 4. The molecule has 0 saturated carbocycles. The van der Waals surface area contributed by atoms with E-state index in [2.05, 4.69) is 101 Å². The Morgan fingerprint density at radius 1 is 0.775 bits per heavy atom. The normalized spacial score (nSPS) is 12.7. The molecule has 0 atom stereocenters. The molecule has 3 heterocycles. The number of pyridine rings is 1. The fourth-order valence-electron chi connectivity index (χ4n) is 6.21. The molecule has 1 aliphatic rings. The molecule has 4 nitrogen and oxygen atoms in total. The molecule has 0 unspecified atom stereocenters. The van der Waals surface area contributed by atoms with E-state index < -0.39 is 0 Å². The van der Waals surface area contributed by atoms with Crippen molar-refractivity contribution in [3.63, 3.8) is 0 Å². The lowest BCUT2D eigenvalue weighted by atomic mass is 9.93. The number of para-hydroxylation sites is 2. The summed E-state index contributed by atoms with van der Waals surface area (Å²) in [6, 6.07) is 35.8. The molecule has 4 aromatic carbocycles. The average Bonchev–Trinajstić information content (AvgIpc) is 3.56. The number of nitrogens with zero attached hydrogens (tertiary/aromatic N) is 3. The van der Waals surface area contributed by atoms with Crippen LogP contribution in [0.25, 0.3) is 66.9 Å². The SMILES string of the molecule is N#Cc1c(-c2ccccn2)ccc(-c2ccc3oc4c(c3c2)CCC=C4)c1-n1c2ccccc2c2ccccc21. The van der Waals surface area contributed by atoms with Crippen molar-refractivity contribution in [3.8, 4) is 34.1 Å². The predicted molar refractivity (Wildman–Crippen MR) is 161 cm³/mol. The van der Waals surface area contributed by atoms with Gasteiger partial charge in [0.2, 0.25) is 0 Å². The number of rotatable bonds is 3. The first kappa shape index (κ1) is 22.6. The Morgan fingerprint density at radius 3 is 2.27 bits per heavy atom. The van der Waals surface area contributed by atoms with Crippen LogP contribution in [0.1, 0.15) is 23.3 Å². The van der Waals surface area contributed by atoms with Crippen LogP contribution in [0.2, 0.25) is 0 Å². The Labute approximate surface area is 231 Å². The van der Waals surface area contributed by atoms with Crippen LogP contribution in [-0.4, -0.2) is 9.55 Å². The van der Waals surface area contributed by atoms with Crippen molar-refractivity contribution in [2.45, 2.75) is 12.8 Å². The number of aromatic nitrogens is 2. The van der Waals surface area contributed by atoms with Crippen LogP contribution in [0.4, 0.5) is 0 Å². The molecule has 7 aromatic rings.